The van der Waals surface area contributed by atoms with Gasteiger partial charge in [0.15, 0.2) is 0 Å². The van der Waals surface area contributed by atoms with E-state index < -0.39 is 18.6 Å². The number of nitrogens with zero attached hydrogens (tertiary/aromatic N) is 2. The number of aromatic nitrogens is 2. The number of aliphatic hydroxyl groups excluding tert-OH is 1. The van der Waals surface area contributed by atoms with E-state index in [1.165, 1.54) is 12.1 Å². The van der Waals surface area contributed by atoms with Crippen LogP contribution in [0.4, 0.5) is 4.39 Å². The molecule has 164 valence electrons. The largest absolute Gasteiger partial charge is 0.483 e. The van der Waals surface area contributed by atoms with Gasteiger partial charge < -0.3 is 15.2 Å². The van der Waals surface area contributed by atoms with Gasteiger partial charge in [0, 0.05) is 5.39 Å². The highest BCUT2D eigenvalue weighted by molar-refractivity contribution is 5.83. The molecule has 2 atom stereocenters. The van der Waals surface area contributed by atoms with Crippen LogP contribution in [0.2, 0.25) is 0 Å². The minimum Gasteiger partial charge on any atom is -0.483 e. The molecule has 32 heavy (non-hydrogen) atoms. The molecule has 2 N–H and O–H groups in total. The number of halogens is 1. The normalized spacial score (nSPS) is 13.0. The second-order valence-corrected chi connectivity index (χ2v) is 7.67. The Morgan fingerprint density at radius 1 is 1.16 bits per heavy atom. The van der Waals surface area contributed by atoms with E-state index in [4.69, 9.17) is 9.84 Å². The van der Waals surface area contributed by atoms with Crippen LogP contribution in [0.3, 0.4) is 0 Å². The number of rotatable bonds is 7. The minimum atomic E-state index is -0.584. The van der Waals surface area contributed by atoms with Crippen LogP contribution in [-0.2, 0) is 4.79 Å². The van der Waals surface area contributed by atoms with Gasteiger partial charge in [0.05, 0.1) is 23.4 Å². The maximum atomic E-state index is 13.3. The van der Waals surface area contributed by atoms with Crippen LogP contribution in [0, 0.1) is 12.7 Å². The number of amides is 1. The van der Waals surface area contributed by atoms with Crippen LogP contribution in [0.1, 0.15) is 24.2 Å². The molecule has 4 rings (SSSR count). The smallest absolute Gasteiger partial charge is 0.246 e. The number of aryl methyl sites for hydroxylation is 1. The number of carbonyl (C=O) groups excluding carboxylic acids is 1. The van der Waals surface area contributed by atoms with Crippen LogP contribution < -0.4 is 10.1 Å². The summed E-state index contributed by atoms with van der Waals surface area (Å²) in [6, 6.07) is 19.3. The lowest BCUT2D eigenvalue weighted by atomic mass is 10.0. The number of fused-ring (bicyclic) bond motifs is 1. The van der Waals surface area contributed by atoms with Crippen molar-refractivity contribution >= 4 is 16.8 Å². The Labute approximate surface area is 185 Å². The quantitative estimate of drug-likeness (QED) is 0.460. The van der Waals surface area contributed by atoms with Crippen molar-refractivity contribution in [3.8, 4) is 11.4 Å². The molecule has 0 saturated heterocycles. The fraction of sp³-hybridized carbons (Fsp3) is 0.200. The number of benzene rings is 3. The standard InChI is InChI=1S/C25H24FN3O3/c1-16-12-22-19(14-27-29(22)21-10-8-20(26)9-11-21)13-23(16)32-25(17(2)28-24(31)15-30)18-6-4-3-5-7-18/h3-14,17,25,30H,15H2,1-2H3,(H,28,31)/t17-,25+/m0/s1. The molecule has 0 aliphatic rings. The van der Waals surface area contributed by atoms with Gasteiger partial charge in [-0.3, -0.25) is 4.79 Å². The van der Waals surface area contributed by atoms with Gasteiger partial charge in [0.1, 0.15) is 24.3 Å². The van der Waals surface area contributed by atoms with Crippen molar-refractivity contribution in [1.29, 1.82) is 0 Å². The summed E-state index contributed by atoms with van der Waals surface area (Å²) in [5.41, 5.74) is 3.43. The summed E-state index contributed by atoms with van der Waals surface area (Å²) in [4.78, 5) is 11.8. The third kappa shape index (κ3) is 4.48. The molecule has 7 heteroatoms. The number of hydrogen-bond acceptors (Lipinski definition) is 4. The summed E-state index contributed by atoms with van der Waals surface area (Å²) in [6.07, 6.45) is 1.27. The molecule has 1 heterocycles. The van der Waals surface area contributed by atoms with E-state index in [1.807, 2.05) is 56.3 Å². The first kappa shape index (κ1) is 21.5. The van der Waals surface area contributed by atoms with E-state index >= 15 is 0 Å². The van der Waals surface area contributed by atoms with Gasteiger partial charge >= 0.3 is 0 Å². The average Bonchev–Trinajstić information content (AvgIpc) is 3.20. The Bertz CT molecular complexity index is 1220. The Kier molecular flexibility index (Phi) is 6.18. The van der Waals surface area contributed by atoms with Crippen LogP contribution in [0.25, 0.3) is 16.6 Å². The lowest BCUT2D eigenvalue weighted by Gasteiger charge is -2.27. The van der Waals surface area contributed by atoms with Gasteiger partial charge in [-0.15, -0.1) is 0 Å². The van der Waals surface area contributed by atoms with E-state index in [2.05, 4.69) is 10.4 Å². The number of hydrogen-bond donors (Lipinski definition) is 2. The first-order valence-electron chi connectivity index (χ1n) is 10.3. The highest BCUT2D eigenvalue weighted by Gasteiger charge is 2.24. The van der Waals surface area contributed by atoms with Crippen LogP contribution in [-0.4, -0.2) is 33.4 Å². The molecule has 0 aliphatic carbocycles. The minimum absolute atomic E-state index is 0.300. The second-order valence-electron chi connectivity index (χ2n) is 7.67. The first-order valence-corrected chi connectivity index (χ1v) is 10.3. The molecule has 1 aromatic heterocycles. The topological polar surface area (TPSA) is 76.4 Å². The summed E-state index contributed by atoms with van der Waals surface area (Å²) < 4.78 is 21.5. The number of ether oxygens (including phenoxy) is 1. The molecule has 0 bridgehead atoms. The molecule has 0 saturated carbocycles. The van der Waals surface area contributed by atoms with Crippen molar-refractivity contribution in [2.75, 3.05) is 6.61 Å². The Hall–Kier alpha value is -3.71. The van der Waals surface area contributed by atoms with Gasteiger partial charge in [0.2, 0.25) is 5.91 Å². The molecular formula is C25H24FN3O3. The third-order valence-electron chi connectivity index (χ3n) is 5.30. The van der Waals surface area contributed by atoms with Gasteiger partial charge in [-0.2, -0.15) is 5.10 Å². The number of aliphatic hydroxyl groups is 1. The summed E-state index contributed by atoms with van der Waals surface area (Å²) in [7, 11) is 0. The molecule has 4 aromatic rings. The highest BCUT2D eigenvalue weighted by atomic mass is 19.1. The molecule has 6 nitrogen and oxygen atoms in total. The third-order valence-corrected chi connectivity index (χ3v) is 5.30. The zero-order valence-corrected chi connectivity index (χ0v) is 17.8. The van der Waals surface area contributed by atoms with Gasteiger partial charge in [-0.1, -0.05) is 30.3 Å². The number of carbonyl (C=O) groups is 1. The molecule has 0 radical (unpaired) electrons. The van der Waals surface area contributed by atoms with Crippen LogP contribution in [0.15, 0.2) is 72.9 Å². The maximum absolute atomic E-state index is 13.3. The van der Waals surface area contributed by atoms with Gasteiger partial charge in [0.25, 0.3) is 0 Å². The maximum Gasteiger partial charge on any atom is 0.246 e. The second kappa shape index (κ2) is 9.20. The summed E-state index contributed by atoms with van der Waals surface area (Å²) in [6.45, 7) is 3.20. The lowest BCUT2D eigenvalue weighted by Crippen LogP contribution is -2.40. The van der Waals surface area contributed by atoms with E-state index in [-0.39, 0.29) is 11.9 Å². The van der Waals surface area contributed by atoms with Crippen LogP contribution >= 0.6 is 0 Å². The van der Waals surface area contributed by atoms with Crippen molar-refractivity contribution < 1.29 is 19.0 Å². The van der Waals surface area contributed by atoms with Gasteiger partial charge in [-0.05, 0) is 61.4 Å². The molecule has 0 aliphatic heterocycles. The van der Waals surface area contributed by atoms with E-state index in [1.54, 1.807) is 23.0 Å². The van der Waals surface area contributed by atoms with E-state index in [9.17, 15) is 9.18 Å². The van der Waals surface area contributed by atoms with Crippen molar-refractivity contribution in [3.05, 3.63) is 89.9 Å². The summed E-state index contributed by atoms with van der Waals surface area (Å²) in [5.74, 6) is -0.101. The van der Waals surface area contributed by atoms with Gasteiger partial charge in [-0.25, -0.2) is 9.07 Å². The Morgan fingerprint density at radius 2 is 1.88 bits per heavy atom. The summed E-state index contributed by atoms with van der Waals surface area (Å²) in [5, 5.41) is 17.2. The highest BCUT2D eigenvalue weighted by Crippen LogP contribution is 2.32. The predicted molar refractivity (Wildman–Crippen MR) is 120 cm³/mol. The summed E-state index contributed by atoms with van der Waals surface area (Å²) >= 11 is 0. The van der Waals surface area contributed by atoms with E-state index in [0.717, 1.165) is 27.7 Å². The van der Waals surface area contributed by atoms with Crippen molar-refractivity contribution in [3.63, 3.8) is 0 Å². The molecule has 0 spiro atoms. The fourth-order valence-electron chi connectivity index (χ4n) is 3.69. The average molecular weight is 433 g/mol. The first-order chi connectivity index (χ1) is 15.5. The predicted octanol–water partition coefficient (Wildman–Crippen LogP) is 4.09. The molecule has 0 unspecified atom stereocenters. The zero-order chi connectivity index (χ0) is 22.7. The molecular weight excluding hydrogens is 409 g/mol. The Balaban J connectivity index is 1.68. The molecule has 1 amide bonds. The Morgan fingerprint density at radius 3 is 2.56 bits per heavy atom. The van der Waals surface area contributed by atoms with Crippen molar-refractivity contribution in [2.24, 2.45) is 0 Å². The van der Waals surface area contributed by atoms with Crippen molar-refractivity contribution in [2.45, 2.75) is 26.0 Å². The zero-order valence-electron chi connectivity index (χ0n) is 17.8. The lowest BCUT2D eigenvalue weighted by molar-refractivity contribution is -0.125. The SMILES string of the molecule is Cc1cc2c(cnn2-c2ccc(F)cc2)cc1O[C@@H](c1ccccc1)[C@H](C)NC(=O)CO. The molecule has 0 fully saturated rings. The van der Waals surface area contributed by atoms with Crippen LogP contribution in [0.5, 0.6) is 5.75 Å². The number of nitrogens with one attached hydrogen (secondary N) is 1. The van der Waals surface area contributed by atoms with Crippen molar-refractivity contribution in [1.82, 2.24) is 15.1 Å². The fourth-order valence-corrected chi connectivity index (χ4v) is 3.69. The monoisotopic (exact) mass is 433 g/mol. The molecule has 3 aromatic carbocycles. The van der Waals surface area contributed by atoms with E-state index in [0.29, 0.717) is 5.75 Å².